The van der Waals surface area contributed by atoms with Crippen LogP contribution in [0.15, 0.2) is 0 Å². The third-order valence-corrected chi connectivity index (χ3v) is 5.20. The van der Waals surface area contributed by atoms with Gasteiger partial charge in [-0.05, 0) is 39.8 Å². The number of hydrogen-bond donors (Lipinski definition) is 1. The van der Waals surface area contributed by atoms with Crippen molar-refractivity contribution >= 4 is 56.9 Å². The molecule has 24 heavy (non-hydrogen) atoms. The van der Waals surface area contributed by atoms with Gasteiger partial charge in [-0.15, -0.1) is 0 Å². The summed E-state index contributed by atoms with van der Waals surface area (Å²) in [7, 11) is 0. The molecule has 0 bridgehead atoms. The van der Waals surface area contributed by atoms with Crippen LogP contribution in [-0.4, -0.2) is 43.7 Å². The first-order valence-corrected chi connectivity index (χ1v) is 10.5. The molecule has 0 spiro atoms. The topological polar surface area (TPSA) is 49.2 Å². The van der Waals surface area contributed by atoms with Crippen LogP contribution in [0.5, 0.6) is 0 Å². The van der Waals surface area contributed by atoms with Crippen molar-refractivity contribution in [1.82, 2.24) is 10.2 Å². The minimum absolute atomic E-state index is 0. The molecule has 1 aliphatic rings. The third kappa shape index (κ3) is 14.2. The van der Waals surface area contributed by atoms with Gasteiger partial charge in [0.2, 0.25) is 5.91 Å². The number of unbranched alkanes of at least 4 members (excludes halogenated alkanes) is 1. The van der Waals surface area contributed by atoms with Crippen molar-refractivity contribution in [3.8, 4) is 0 Å². The molecule has 4 nitrogen and oxygen atoms in total. The molecule has 146 valence electrons. The fraction of sp³-hybridized carbons (Fsp3) is 0.765. The van der Waals surface area contributed by atoms with Gasteiger partial charge in [0.25, 0.3) is 0 Å². The zero-order valence-electron chi connectivity index (χ0n) is 14.7. The maximum absolute atomic E-state index is 11.2. The number of Topliss-reactive ketones (excluding diaryl/α,β-unsaturated/α-hetero) is 1. The Bertz CT molecular complexity index is 366. The molecular formula is C17H32I2N2NiO2. The molecule has 0 aromatic rings. The Morgan fingerprint density at radius 3 is 2.17 bits per heavy atom. The summed E-state index contributed by atoms with van der Waals surface area (Å²) in [6.07, 6.45) is 4.47. The normalized spacial score (nSPS) is 22.5. The summed E-state index contributed by atoms with van der Waals surface area (Å²) < 4.78 is 0.567. The summed E-state index contributed by atoms with van der Waals surface area (Å²) >= 11 is 4.59. The van der Waals surface area contributed by atoms with Crippen molar-refractivity contribution < 1.29 is 26.1 Å². The molecular weight excluding hydrogens is 577 g/mol. The van der Waals surface area contributed by atoms with E-state index in [9.17, 15) is 9.59 Å². The van der Waals surface area contributed by atoms with E-state index < -0.39 is 0 Å². The predicted molar refractivity (Wildman–Crippen MR) is 117 cm³/mol. The summed E-state index contributed by atoms with van der Waals surface area (Å²) in [6, 6.07) is 0. The average Bonchev–Trinajstić information content (AvgIpc) is 3.09. The van der Waals surface area contributed by atoms with Crippen LogP contribution in [0.1, 0.15) is 52.4 Å². The van der Waals surface area contributed by atoms with Gasteiger partial charge in [0.1, 0.15) is 5.78 Å². The van der Waals surface area contributed by atoms with Gasteiger partial charge in [-0.1, -0.05) is 45.2 Å². The fourth-order valence-electron chi connectivity index (χ4n) is 1.92. The summed E-state index contributed by atoms with van der Waals surface area (Å²) in [5.74, 6) is 0.336. The number of rotatable bonds is 10. The molecule has 0 radical (unpaired) electrons. The van der Waals surface area contributed by atoms with E-state index in [4.69, 9.17) is 0 Å². The van der Waals surface area contributed by atoms with Crippen molar-refractivity contribution in [2.75, 3.05) is 19.6 Å². The summed E-state index contributed by atoms with van der Waals surface area (Å²) in [5, 5.41) is 2.76. The van der Waals surface area contributed by atoms with E-state index in [0.717, 1.165) is 25.7 Å². The second-order valence-electron chi connectivity index (χ2n) is 5.91. The maximum atomic E-state index is 11.2. The van der Waals surface area contributed by atoms with Crippen LogP contribution in [0.3, 0.4) is 0 Å². The Kier molecular flexibility index (Phi) is 17.2. The van der Waals surface area contributed by atoms with E-state index in [1.54, 1.807) is 0 Å². The Balaban J connectivity index is 0. The van der Waals surface area contributed by atoms with E-state index in [1.165, 1.54) is 13.1 Å². The summed E-state index contributed by atoms with van der Waals surface area (Å²) in [4.78, 5) is 24.8. The Morgan fingerprint density at radius 2 is 1.79 bits per heavy atom. The van der Waals surface area contributed by atoms with Gasteiger partial charge in [-0.25, -0.2) is 0 Å². The predicted octanol–water partition coefficient (Wildman–Crippen LogP) is 3.42. The van der Waals surface area contributed by atoms with Gasteiger partial charge in [0, 0.05) is 19.4 Å². The van der Waals surface area contributed by atoms with Crippen LogP contribution < -0.4 is 5.32 Å². The van der Waals surface area contributed by atoms with E-state index >= 15 is 0 Å². The number of carbonyl (C=O) groups is 2. The van der Waals surface area contributed by atoms with Gasteiger partial charge in [-0.3, -0.25) is 14.5 Å². The molecule has 0 aliphatic carbocycles. The average molecular weight is 609 g/mol. The number of nitrogens with zero attached hydrogens (tertiary/aromatic N) is 1. The molecule has 0 saturated carbocycles. The second-order valence-corrected chi connectivity index (χ2v) is 10.1. The molecule has 0 aromatic heterocycles. The van der Waals surface area contributed by atoms with Crippen LogP contribution >= 0.6 is 45.2 Å². The standard InChI is InChI=1S/C11H19INO2.C6H11IN.Ni.2H/c1-3-8-13-11(15)7-5-4-6-10(14)9(2)12;1-3-4-8-5-6(8,2)7;;;/h9H,1,3-8H2,2H3,(H,13,15);1,3-5H2,2H3;;;/q2*-1;+2;;. The number of halogens is 2. The fourth-order valence-corrected chi connectivity index (χ4v) is 2.88. The van der Waals surface area contributed by atoms with E-state index in [-0.39, 0.29) is 32.1 Å². The van der Waals surface area contributed by atoms with Crippen LogP contribution in [0, 0.1) is 13.8 Å². The zero-order valence-corrected chi connectivity index (χ0v) is 20.1. The Morgan fingerprint density at radius 1 is 1.25 bits per heavy atom. The van der Waals surface area contributed by atoms with E-state index in [1.807, 2.05) is 6.92 Å². The first kappa shape index (κ1) is 27.3. The molecule has 1 N–H and O–H groups in total. The first-order chi connectivity index (χ1) is 10.7. The molecule has 1 heterocycles. The second kappa shape index (κ2) is 15.1. The first-order valence-electron chi connectivity index (χ1n) is 8.20. The molecule has 0 aromatic carbocycles. The SMILES string of the molecule is [CH2-]CCN1CC1(C)I.[CH2-]CCNC(=O)CCCCC(=O)C(C)I.[NiH2+2]. The van der Waals surface area contributed by atoms with Crippen LogP contribution in [-0.2, 0) is 26.1 Å². The van der Waals surface area contributed by atoms with Crippen molar-refractivity contribution in [1.29, 1.82) is 0 Å². The molecule has 1 fully saturated rings. The third-order valence-electron chi connectivity index (χ3n) is 3.48. The van der Waals surface area contributed by atoms with Gasteiger partial charge in [-0.2, -0.15) is 12.8 Å². The molecule has 1 aliphatic heterocycles. The molecule has 3 unspecified atom stereocenters. The number of amides is 1. The molecule has 3 atom stereocenters. The molecule has 1 rings (SSSR count). The molecule has 7 heteroatoms. The quantitative estimate of drug-likeness (QED) is 0.0787. The van der Waals surface area contributed by atoms with Crippen LogP contribution in [0.25, 0.3) is 0 Å². The monoisotopic (exact) mass is 608 g/mol. The van der Waals surface area contributed by atoms with Crippen molar-refractivity contribution in [3.63, 3.8) is 0 Å². The number of hydrogen-bond acceptors (Lipinski definition) is 3. The van der Waals surface area contributed by atoms with Crippen molar-refractivity contribution in [2.24, 2.45) is 0 Å². The zero-order chi connectivity index (χ0) is 17.9. The van der Waals surface area contributed by atoms with E-state index in [0.29, 0.717) is 22.9 Å². The van der Waals surface area contributed by atoms with Crippen molar-refractivity contribution in [3.05, 3.63) is 13.8 Å². The van der Waals surface area contributed by atoms with Gasteiger partial charge >= 0.3 is 16.5 Å². The van der Waals surface area contributed by atoms with Crippen molar-refractivity contribution in [2.45, 2.75) is 59.8 Å². The minimum atomic E-state index is 0. The molecule has 1 saturated heterocycles. The number of carbonyl (C=O) groups excluding carboxylic acids is 2. The van der Waals surface area contributed by atoms with Gasteiger partial charge in [0.15, 0.2) is 0 Å². The van der Waals surface area contributed by atoms with Gasteiger partial charge < -0.3 is 19.2 Å². The Labute approximate surface area is 185 Å². The summed E-state index contributed by atoms with van der Waals surface area (Å²) in [5.41, 5.74) is 0. The van der Waals surface area contributed by atoms with Gasteiger partial charge in [0.05, 0.1) is 7.47 Å². The number of alkyl halides is 2. The summed E-state index contributed by atoms with van der Waals surface area (Å²) in [6.45, 7) is 14.6. The number of ketones is 1. The Hall–Kier alpha value is 1.05. The number of nitrogens with one attached hydrogen (secondary N) is 1. The van der Waals surface area contributed by atoms with Crippen LogP contribution in [0.4, 0.5) is 0 Å². The van der Waals surface area contributed by atoms with Crippen LogP contribution in [0.2, 0.25) is 0 Å². The van der Waals surface area contributed by atoms with E-state index in [2.05, 4.69) is 76.2 Å². The molecule has 1 amide bonds.